The van der Waals surface area contributed by atoms with E-state index < -0.39 is 0 Å². The fourth-order valence-electron chi connectivity index (χ4n) is 2.14. The second kappa shape index (κ2) is 5.04. The molecule has 102 valence electrons. The maximum atomic E-state index is 11.6. The summed E-state index contributed by atoms with van der Waals surface area (Å²) in [6.07, 6.45) is 3.30. The number of amides is 1. The number of carbonyl (C=O) groups excluding carboxylic acids is 1. The lowest BCUT2D eigenvalue weighted by Crippen LogP contribution is -2.18. The van der Waals surface area contributed by atoms with E-state index in [4.69, 9.17) is 10.7 Å². The Morgan fingerprint density at radius 1 is 1.48 bits per heavy atom. The third-order valence-corrected chi connectivity index (χ3v) is 4.07. The molecule has 2 N–H and O–H groups in total. The molecule has 1 aromatic heterocycles. The Balaban J connectivity index is 2.11. The van der Waals surface area contributed by atoms with Gasteiger partial charge in [-0.25, -0.2) is 0 Å². The normalized spacial score (nSPS) is 16.3. The second-order valence-electron chi connectivity index (χ2n) is 4.58. The van der Waals surface area contributed by atoms with E-state index >= 15 is 0 Å². The first kappa shape index (κ1) is 13.3. The number of nitriles is 1. The van der Waals surface area contributed by atoms with Crippen molar-refractivity contribution in [1.29, 1.82) is 10.7 Å². The van der Waals surface area contributed by atoms with Crippen LogP contribution in [0.2, 0.25) is 0 Å². The number of aromatic nitrogens is 1. The van der Waals surface area contributed by atoms with Gasteiger partial charge >= 0.3 is 0 Å². The van der Waals surface area contributed by atoms with E-state index in [0.717, 1.165) is 33.8 Å². The molecule has 21 heavy (non-hydrogen) atoms. The fourth-order valence-corrected chi connectivity index (χ4v) is 2.84. The van der Waals surface area contributed by atoms with Gasteiger partial charge in [0.05, 0.1) is 16.0 Å². The Bertz CT molecular complexity index is 864. The predicted molar refractivity (Wildman–Crippen MR) is 82.6 cm³/mol. The maximum absolute atomic E-state index is 11.6. The molecule has 1 fully saturated rings. The van der Waals surface area contributed by atoms with Gasteiger partial charge in [-0.05, 0) is 48.0 Å². The van der Waals surface area contributed by atoms with Gasteiger partial charge < -0.3 is 5.32 Å². The van der Waals surface area contributed by atoms with Gasteiger partial charge in [-0.2, -0.15) is 5.26 Å². The van der Waals surface area contributed by atoms with Crippen molar-refractivity contribution in [3.05, 3.63) is 46.0 Å². The topological polar surface area (TPSA) is 89.6 Å². The van der Waals surface area contributed by atoms with Crippen molar-refractivity contribution in [2.24, 2.45) is 0 Å². The van der Waals surface area contributed by atoms with Crippen LogP contribution < -0.4 is 5.32 Å². The average Bonchev–Trinajstić information content (AvgIpc) is 2.78. The molecule has 6 heteroatoms. The van der Waals surface area contributed by atoms with Crippen LogP contribution in [0.3, 0.4) is 0 Å². The van der Waals surface area contributed by atoms with E-state index in [-0.39, 0.29) is 11.1 Å². The SMILES string of the molecule is Cc1c(C#N)cnc2ccc(/C=C3\SC(=N)NC3=O)cc12. The number of thioether (sulfide) groups is 1. The lowest BCUT2D eigenvalue weighted by molar-refractivity contribution is -0.115. The van der Waals surface area contributed by atoms with Crippen molar-refractivity contribution in [3.8, 4) is 6.07 Å². The first-order valence-corrected chi connectivity index (χ1v) is 6.99. The molecule has 1 aliphatic rings. The minimum atomic E-state index is -0.259. The Morgan fingerprint density at radius 3 is 2.95 bits per heavy atom. The average molecular weight is 294 g/mol. The number of pyridine rings is 1. The molecule has 0 radical (unpaired) electrons. The van der Waals surface area contributed by atoms with Crippen LogP contribution in [-0.2, 0) is 4.79 Å². The molecule has 3 rings (SSSR count). The summed E-state index contributed by atoms with van der Waals surface area (Å²) >= 11 is 1.10. The van der Waals surface area contributed by atoms with Crippen molar-refractivity contribution in [2.45, 2.75) is 6.92 Å². The third kappa shape index (κ3) is 2.39. The van der Waals surface area contributed by atoms with E-state index in [0.29, 0.717) is 10.5 Å². The largest absolute Gasteiger partial charge is 0.301 e. The van der Waals surface area contributed by atoms with Gasteiger partial charge in [0.1, 0.15) is 6.07 Å². The Hall–Kier alpha value is -2.65. The number of nitrogens with one attached hydrogen (secondary N) is 2. The highest BCUT2D eigenvalue weighted by molar-refractivity contribution is 8.18. The summed E-state index contributed by atoms with van der Waals surface area (Å²) in [6.45, 7) is 1.88. The molecular weight excluding hydrogens is 284 g/mol. The minimum Gasteiger partial charge on any atom is -0.301 e. The molecule has 1 amide bonds. The monoisotopic (exact) mass is 294 g/mol. The van der Waals surface area contributed by atoms with Crippen LogP contribution in [0.25, 0.3) is 17.0 Å². The second-order valence-corrected chi connectivity index (χ2v) is 5.63. The van der Waals surface area contributed by atoms with Gasteiger partial charge in [0.25, 0.3) is 5.91 Å². The predicted octanol–water partition coefficient (Wildman–Crippen LogP) is 2.55. The molecule has 0 aliphatic carbocycles. The number of aryl methyl sites for hydroxylation is 1. The fraction of sp³-hybridized carbons (Fsp3) is 0.0667. The van der Waals surface area contributed by atoms with Crippen molar-refractivity contribution >= 4 is 39.8 Å². The van der Waals surface area contributed by atoms with Gasteiger partial charge in [0.2, 0.25) is 0 Å². The summed E-state index contributed by atoms with van der Waals surface area (Å²) in [5.74, 6) is -0.259. The Labute approximate surface area is 125 Å². The van der Waals surface area contributed by atoms with Gasteiger partial charge in [-0.3, -0.25) is 15.2 Å². The zero-order chi connectivity index (χ0) is 15.0. The maximum Gasteiger partial charge on any atom is 0.264 e. The molecule has 0 spiro atoms. The highest BCUT2D eigenvalue weighted by Crippen LogP contribution is 2.27. The van der Waals surface area contributed by atoms with Crippen molar-refractivity contribution in [1.82, 2.24) is 10.3 Å². The van der Waals surface area contributed by atoms with E-state index in [1.165, 1.54) is 0 Å². The van der Waals surface area contributed by atoms with E-state index in [9.17, 15) is 4.79 Å². The molecule has 1 aliphatic heterocycles. The molecule has 2 heterocycles. The molecule has 1 saturated heterocycles. The molecule has 0 atom stereocenters. The van der Waals surface area contributed by atoms with Crippen LogP contribution in [0.4, 0.5) is 0 Å². The van der Waals surface area contributed by atoms with Crippen LogP contribution in [0.5, 0.6) is 0 Å². The number of carbonyl (C=O) groups is 1. The summed E-state index contributed by atoms with van der Waals surface area (Å²) in [7, 11) is 0. The molecule has 0 unspecified atom stereocenters. The van der Waals surface area contributed by atoms with Gasteiger partial charge in [0, 0.05) is 11.6 Å². The van der Waals surface area contributed by atoms with Gasteiger partial charge in [-0.15, -0.1) is 0 Å². The van der Waals surface area contributed by atoms with E-state index in [1.807, 2.05) is 25.1 Å². The first-order valence-electron chi connectivity index (χ1n) is 6.17. The molecule has 2 aromatic rings. The van der Waals surface area contributed by atoms with Crippen LogP contribution in [0.15, 0.2) is 29.3 Å². The van der Waals surface area contributed by atoms with Crippen LogP contribution in [0, 0.1) is 23.7 Å². The standard InChI is InChI=1S/C15H10N4OS/c1-8-10(6-16)7-18-12-3-2-9(4-11(8)12)5-13-14(20)19-15(17)21-13/h2-5,7H,1H3,(H2,17,19,20)/b13-5-. The zero-order valence-corrected chi connectivity index (χ0v) is 11.9. The minimum absolute atomic E-state index is 0.136. The number of nitrogens with zero attached hydrogens (tertiary/aromatic N) is 2. The molecule has 1 aromatic carbocycles. The van der Waals surface area contributed by atoms with Gasteiger partial charge in [0.15, 0.2) is 5.17 Å². The Morgan fingerprint density at radius 2 is 2.29 bits per heavy atom. The zero-order valence-electron chi connectivity index (χ0n) is 11.1. The van der Waals surface area contributed by atoms with Crippen LogP contribution in [-0.4, -0.2) is 16.1 Å². The molecular formula is C15H10N4OS. The first-order chi connectivity index (χ1) is 10.1. The summed E-state index contributed by atoms with van der Waals surface area (Å²) in [5.41, 5.74) is 3.07. The quantitative estimate of drug-likeness (QED) is 0.791. The number of hydrogen-bond donors (Lipinski definition) is 2. The van der Waals surface area contributed by atoms with Crippen molar-refractivity contribution in [3.63, 3.8) is 0 Å². The molecule has 0 bridgehead atoms. The van der Waals surface area contributed by atoms with Crippen molar-refractivity contribution < 1.29 is 4.79 Å². The van der Waals surface area contributed by atoms with Crippen LogP contribution >= 0.6 is 11.8 Å². The lowest BCUT2D eigenvalue weighted by atomic mass is 10.0. The van der Waals surface area contributed by atoms with Crippen LogP contribution in [0.1, 0.15) is 16.7 Å². The summed E-state index contributed by atoms with van der Waals surface area (Å²) < 4.78 is 0. The number of hydrogen-bond acceptors (Lipinski definition) is 5. The summed E-state index contributed by atoms with van der Waals surface area (Å²) in [5, 5.41) is 20.0. The third-order valence-electron chi connectivity index (χ3n) is 3.24. The summed E-state index contributed by atoms with van der Waals surface area (Å²) in [4.78, 5) is 16.4. The number of amidine groups is 1. The smallest absolute Gasteiger partial charge is 0.264 e. The number of benzene rings is 1. The van der Waals surface area contributed by atoms with Crippen molar-refractivity contribution in [2.75, 3.05) is 0 Å². The lowest BCUT2D eigenvalue weighted by Gasteiger charge is -2.04. The number of fused-ring (bicyclic) bond motifs is 1. The number of rotatable bonds is 1. The van der Waals surface area contributed by atoms with E-state index in [2.05, 4.69) is 16.4 Å². The molecule has 0 saturated carbocycles. The Kier molecular flexibility index (Phi) is 3.20. The van der Waals surface area contributed by atoms with E-state index in [1.54, 1.807) is 12.3 Å². The molecule has 5 nitrogen and oxygen atoms in total. The highest BCUT2D eigenvalue weighted by atomic mass is 32.2. The summed E-state index contributed by atoms with van der Waals surface area (Å²) in [6, 6.07) is 7.75. The van der Waals surface area contributed by atoms with Gasteiger partial charge in [-0.1, -0.05) is 6.07 Å². The highest BCUT2D eigenvalue weighted by Gasteiger charge is 2.22.